The Balaban J connectivity index is 2.33. The molecule has 7 heteroatoms. The van der Waals surface area contributed by atoms with Crippen molar-refractivity contribution in [1.82, 2.24) is 9.97 Å². The van der Waals surface area contributed by atoms with Crippen molar-refractivity contribution >= 4 is 34.3 Å². The molecule has 0 fully saturated rings. The van der Waals surface area contributed by atoms with Crippen molar-refractivity contribution in [2.24, 2.45) is 0 Å². The highest BCUT2D eigenvalue weighted by atomic mass is 32.2. The molecule has 17 heavy (non-hydrogen) atoms. The van der Waals surface area contributed by atoms with Crippen LogP contribution in [-0.2, 0) is 15.9 Å². The highest BCUT2D eigenvalue weighted by molar-refractivity contribution is 7.90. The molecule has 1 aromatic heterocycles. The average Bonchev–Trinajstić information content (AvgIpc) is 2.69. The van der Waals surface area contributed by atoms with Gasteiger partial charge in [0.1, 0.15) is 6.26 Å². The van der Waals surface area contributed by atoms with E-state index in [2.05, 4.69) is 20.0 Å². The van der Waals surface area contributed by atoms with Crippen LogP contribution in [0.2, 0.25) is 0 Å². The summed E-state index contributed by atoms with van der Waals surface area (Å²) in [4.78, 5) is 18.7. The van der Waals surface area contributed by atoms with Gasteiger partial charge in [0.15, 0.2) is 4.90 Å². The fourth-order valence-corrected chi connectivity index (χ4v) is 1.91. The maximum Gasteiger partial charge on any atom is 0.413 e. The fraction of sp³-hybridized carbons (Fsp3) is 0.200. The molecule has 2 rings (SSSR count). The number of imidazole rings is 1. The Morgan fingerprint density at radius 1 is 1.59 bits per heavy atom. The number of nitrogens with one attached hydrogen (secondary N) is 2. The van der Waals surface area contributed by atoms with Gasteiger partial charge in [0.05, 0.1) is 18.1 Å². The summed E-state index contributed by atoms with van der Waals surface area (Å²) in [5.41, 5.74) is 1.40. The van der Waals surface area contributed by atoms with Gasteiger partial charge < -0.3 is 14.3 Å². The van der Waals surface area contributed by atoms with E-state index in [9.17, 15) is 9.35 Å². The summed E-state index contributed by atoms with van der Waals surface area (Å²) < 4.78 is 15.8. The minimum absolute atomic E-state index is 0.297. The van der Waals surface area contributed by atoms with Crippen molar-refractivity contribution in [2.75, 3.05) is 18.7 Å². The summed E-state index contributed by atoms with van der Waals surface area (Å²) >= 11 is -1.05. The number of aromatic nitrogens is 2. The molecule has 0 aliphatic rings. The van der Waals surface area contributed by atoms with E-state index >= 15 is 0 Å². The van der Waals surface area contributed by atoms with Crippen LogP contribution in [0.3, 0.4) is 0 Å². The quantitative estimate of drug-likeness (QED) is 0.793. The number of anilines is 1. The molecule has 1 aromatic carbocycles. The van der Waals surface area contributed by atoms with E-state index in [1.54, 1.807) is 24.5 Å². The second-order valence-electron chi connectivity index (χ2n) is 3.34. The number of carbonyl (C=O) groups excluding carboxylic acids is 1. The van der Waals surface area contributed by atoms with Gasteiger partial charge in [-0.3, -0.25) is 5.32 Å². The van der Waals surface area contributed by atoms with Crippen LogP contribution >= 0.6 is 0 Å². The van der Waals surface area contributed by atoms with Crippen LogP contribution in [-0.4, -0.2) is 34.0 Å². The lowest BCUT2D eigenvalue weighted by Gasteiger charge is -2.02. The minimum Gasteiger partial charge on any atom is -0.612 e. The Bertz CT molecular complexity index is 553. The van der Waals surface area contributed by atoms with Crippen LogP contribution in [0, 0.1) is 0 Å². The lowest BCUT2D eigenvalue weighted by atomic mass is 10.3. The van der Waals surface area contributed by atoms with Crippen molar-refractivity contribution in [3.63, 3.8) is 0 Å². The summed E-state index contributed by atoms with van der Waals surface area (Å²) in [5, 5.41) is 2.43. The molecule has 6 nitrogen and oxygen atoms in total. The largest absolute Gasteiger partial charge is 0.612 e. The number of nitrogens with zero attached hydrogens (tertiary/aromatic N) is 1. The van der Waals surface area contributed by atoms with E-state index in [0.29, 0.717) is 16.4 Å². The Labute approximate surface area is 101 Å². The summed E-state index contributed by atoms with van der Waals surface area (Å²) in [5.74, 6) is 0.297. The fourth-order valence-electron chi connectivity index (χ4n) is 1.37. The van der Waals surface area contributed by atoms with E-state index in [0.717, 1.165) is 5.52 Å². The monoisotopic (exact) mass is 253 g/mol. The van der Waals surface area contributed by atoms with Gasteiger partial charge in [-0.15, -0.1) is 0 Å². The van der Waals surface area contributed by atoms with Crippen LogP contribution in [0.25, 0.3) is 11.0 Å². The van der Waals surface area contributed by atoms with Crippen LogP contribution in [0.15, 0.2) is 23.1 Å². The topological polar surface area (TPSA) is 90.1 Å². The van der Waals surface area contributed by atoms with Crippen molar-refractivity contribution in [2.45, 2.75) is 4.90 Å². The zero-order valence-electron chi connectivity index (χ0n) is 9.31. The smallest absolute Gasteiger partial charge is 0.413 e. The van der Waals surface area contributed by atoms with Gasteiger partial charge in [-0.05, 0) is 23.3 Å². The van der Waals surface area contributed by atoms with Gasteiger partial charge >= 0.3 is 6.09 Å². The molecule has 0 spiro atoms. The molecule has 90 valence electrons. The molecule has 1 atom stereocenters. The van der Waals surface area contributed by atoms with Crippen molar-refractivity contribution in [3.05, 3.63) is 18.2 Å². The number of benzene rings is 1. The number of methoxy groups -OCH3 is 1. The zero-order valence-corrected chi connectivity index (χ0v) is 10.1. The van der Waals surface area contributed by atoms with E-state index in [-0.39, 0.29) is 0 Å². The zero-order chi connectivity index (χ0) is 12.4. The number of H-pyrrole nitrogens is 1. The molecule has 1 unspecified atom stereocenters. The molecule has 0 saturated carbocycles. The minimum atomic E-state index is -1.05. The number of rotatable bonds is 2. The third kappa shape index (κ3) is 2.51. The molecular weight excluding hydrogens is 242 g/mol. The Kier molecular flexibility index (Phi) is 3.21. The summed E-state index contributed by atoms with van der Waals surface area (Å²) in [6, 6.07) is 5.23. The first-order valence-corrected chi connectivity index (χ1v) is 6.34. The number of fused-ring (bicyclic) bond motifs is 1. The molecule has 0 aliphatic carbocycles. The normalized spacial score (nSPS) is 12.4. The predicted octanol–water partition coefficient (Wildman–Crippen LogP) is 1.48. The SMILES string of the molecule is COC(=O)Nc1nc2cc([S+](C)[O-])ccc2[nH]1. The van der Waals surface area contributed by atoms with Crippen LogP contribution < -0.4 is 5.32 Å². The predicted molar refractivity (Wildman–Crippen MR) is 64.5 cm³/mol. The first kappa shape index (κ1) is 11.7. The van der Waals surface area contributed by atoms with E-state index < -0.39 is 17.3 Å². The lowest BCUT2D eigenvalue weighted by molar-refractivity contribution is 0.186. The van der Waals surface area contributed by atoms with Gasteiger partial charge in [0.2, 0.25) is 5.95 Å². The number of aromatic amines is 1. The van der Waals surface area contributed by atoms with Crippen LogP contribution in [0.1, 0.15) is 0 Å². The molecule has 2 aromatic rings. The number of amides is 1. The summed E-state index contributed by atoms with van der Waals surface area (Å²) in [6.07, 6.45) is 1.00. The number of ether oxygens (including phenoxy) is 1. The van der Waals surface area contributed by atoms with Crippen molar-refractivity contribution in [1.29, 1.82) is 0 Å². The lowest BCUT2D eigenvalue weighted by Crippen LogP contribution is -2.11. The molecule has 0 saturated heterocycles. The van der Waals surface area contributed by atoms with Crippen LogP contribution in [0.5, 0.6) is 0 Å². The van der Waals surface area contributed by atoms with Gasteiger partial charge in [-0.1, -0.05) is 0 Å². The highest BCUT2D eigenvalue weighted by Gasteiger charge is 2.10. The van der Waals surface area contributed by atoms with Gasteiger partial charge in [-0.25, -0.2) is 9.78 Å². The van der Waals surface area contributed by atoms with Gasteiger partial charge in [-0.2, -0.15) is 0 Å². The van der Waals surface area contributed by atoms with Crippen molar-refractivity contribution in [3.8, 4) is 0 Å². The highest BCUT2D eigenvalue weighted by Crippen LogP contribution is 2.19. The molecule has 1 amide bonds. The van der Waals surface area contributed by atoms with E-state index in [4.69, 9.17) is 0 Å². The van der Waals surface area contributed by atoms with Crippen molar-refractivity contribution < 1.29 is 14.1 Å². The molecular formula is C10H11N3O3S. The maximum absolute atomic E-state index is 11.3. The Morgan fingerprint density at radius 3 is 3.00 bits per heavy atom. The Hall–Kier alpha value is -1.73. The van der Waals surface area contributed by atoms with Gasteiger partial charge in [0.25, 0.3) is 0 Å². The maximum atomic E-state index is 11.3. The molecule has 2 N–H and O–H groups in total. The molecule has 0 radical (unpaired) electrons. The number of hydrogen-bond acceptors (Lipinski definition) is 4. The molecule has 0 bridgehead atoms. The number of carbonyl (C=O) groups is 1. The van der Waals surface area contributed by atoms with E-state index in [1.165, 1.54) is 7.11 Å². The first-order valence-electron chi connectivity index (χ1n) is 4.78. The number of hydrogen-bond donors (Lipinski definition) is 2. The third-order valence-corrected chi connectivity index (χ3v) is 3.11. The summed E-state index contributed by atoms with van der Waals surface area (Å²) in [7, 11) is 1.27. The van der Waals surface area contributed by atoms with Gasteiger partial charge in [0, 0.05) is 6.07 Å². The summed E-state index contributed by atoms with van der Waals surface area (Å²) in [6.45, 7) is 0. The average molecular weight is 253 g/mol. The molecule has 0 aliphatic heterocycles. The van der Waals surface area contributed by atoms with E-state index in [1.807, 2.05) is 0 Å². The second-order valence-corrected chi connectivity index (χ2v) is 4.71. The molecule has 1 heterocycles. The first-order chi connectivity index (χ1) is 8.10. The standard InChI is InChI=1S/C10H11N3O3S/c1-16-10(14)13-9-11-7-4-3-6(17(2)15)5-8(7)12-9/h3-5H,1-2H3,(H2,11,12,13,14). The third-order valence-electron chi connectivity index (χ3n) is 2.19. The second kappa shape index (κ2) is 4.64. The van der Waals surface area contributed by atoms with Crippen LogP contribution in [0.4, 0.5) is 10.7 Å². The Morgan fingerprint density at radius 2 is 2.35 bits per heavy atom.